The van der Waals surface area contributed by atoms with Gasteiger partial charge >= 0.3 is 7.82 Å². The molecule has 0 saturated heterocycles. The lowest BCUT2D eigenvalue weighted by atomic mass is 10.0. The number of nitrogens with one attached hydrogen (secondary N) is 1. The number of phosphoric ester groups is 1. The molecule has 404 valence electrons. The van der Waals surface area contributed by atoms with E-state index >= 15 is 0 Å². The number of aliphatic hydroxyl groups excluding tert-OH is 1. The third-order valence-electron chi connectivity index (χ3n) is 11.6. The third-order valence-corrected chi connectivity index (χ3v) is 12.6. The van der Waals surface area contributed by atoms with E-state index < -0.39 is 20.0 Å². The van der Waals surface area contributed by atoms with Crippen LogP contribution in [0.1, 0.15) is 200 Å². The van der Waals surface area contributed by atoms with E-state index in [0.29, 0.717) is 17.4 Å². The van der Waals surface area contributed by atoms with Crippen molar-refractivity contribution in [2.75, 3.05) is 40.9 Å². The van der Waals surface area contributed by atoms with Gasteiger partial charge in [-0.05, 0) is 109 Å². The van der Waals surface area contributed by atoms with Crippen LogP contribution in [0, 0.1) is 0 Å². The van der Waals surface area contributed by atoms with E-state index in [9.17, 15) is 19.4 Å². The monoisotopic (exact) mass is 1010 g/mol. The number of phosphoric acid groups is 1. The highest BCUT2D eigenvalue weighted by Gasteiger charge is 2.27. The molecule has 0 heterocycles. The minimum Gasteiger partial charge on any atom is -0.387 e. The Bertz CT molecular complexity index is 1610. The largest absolute Gasteiger partial charge is 0.472 e. The van der Waals surface area contributed by atoms with Crippen LogP contribution in [0.25, 0.3) is 0 Å². The van der Waals surface area contributed by atoms with Crippen LogP contribution in [0.2, 0.25) is 0 Å². The lowest BCUT2D eigenvalue weighted by Gasteiger charge is -2.25. The van der Waals surface area contributed by atoms with Gasteiger partial charge in [-0.1, -0.05) is 218 Å². The van der Waals surface area contributed by atoms with Crippen LogP contribution in [-0.4, -0.2) is 73.4 Å². The standard InChI is InChI=1S/C62H105N2O6P/c1-6-8-10-12-14-16-18-20-22-23-24-25-26-27-28-29-30-31-32-33-34-35-36-37-38-39-40-41-42-44-46-48-50-52-54-56-62(66)63-60(59-70-71(67,68)69-58-57-64(3,4)5)61(65)55-53-51-49-47-45-43-21-19-17-15-13-11-9-7-2/h8,10,14,16-17,19-20,22,24-25,27-28,30-31,33-34,36-37,45,47,53,55,60-61,65H,6-7,9,11-13,15,18,21,23,26,29,32,35,38-44,46,48-52,54,56-59H2,1-5H3,(H-,63,66,67,68)/p+1/b10-8-,16-14-,19-17+,22-20-,25-24-,28-27-,31-30-,34-33-,37-36-,47-45+,55-53+. The molecular weight excluding hydrogens is 900 g/mol. The summed E-state index contributed by atoms with van der Waals surface area (Å²) in [6.45, 7) is 4.62. The number of nitrogens with zero attached hydrogens (tertiary/aromatic N) is 1. The maximum atomic E-state index is 12.9. The fraction of sp³-hybridized carbons (Fsp3) is 0.629. The van der Waals surface area contributed by atoms with Crippen molar-refractivity contribution in [1.82, 2.24) is 5.32 Å². The topological polar surface area (TPSA) is 105 Å². The predicted molar refractivity (Wildman–Crippen MR) is 308 cm³/mol. The van der Waals surface area contributed by atoms with Crippen molar-refractivity contribution in [3.63, 3.8) is 0 Å². The van der Waals surface area contributed by atoms with Gasteiger partial charge in [-0.15, -0.1) is 0 Å². The summed E-state index contributed by atoms with van der Waals surface area (Å²) in [7, 11) is 1.52. The summed E-state index contributed by atoms with van der Waals surface area (Å²) in [5.41, 5.74) is 0. The molecular formula is C62H106N2O6P+. The molecule has 0 aromatic carbocycles. The number of allylic oxidation sites excluding steroid dienone is 21. The van der Waals surface area contributed by atoms with Gasteiger partial charge in [-0.25, -0.2) is 4.57 Å². The Kier molecular flexibility index (Phi) is 49.1. The van der Waals surface area contributed by atoms with Gasteiger partial charge < -0.3 is 19.8 Å². The van der Waals surface area contributed by atoms with Crippen LogP contribution < -0.4 is 5.32 Å². The number of quaternary nitrogens is 1. The van der Waals surface area contributed by atoms with Crippen LogP contribution in [0.15, 0.2) is 134 Å². The van der Waals surface area contributed by atoms with Crippen LogP contribution in [0.3, 0.4) is 0 Å². The Hall–Kier alpha value is -3.36. The summed E-state index contributed by atoms with van der Waals surface area (Å²) in [5, 5.41) is 13.8. The number of hydrogen-bond acceptors (Lipinski definition) is 5. The first-order valence-electron chi connectivity index (χ1n) is 28.1. The number of carbonyl (C=O) groups excluding carboxylic acids is 1. The van der Waals surface area contributed by atoms with Gasteiger partial charge in [0.25, 0.3) is 0 Å². The summed E-state index contributed by atoms with van der Waals surface area (Å²) in [6, 6.07) is -0.881. The second-order valence-electron chi connectivity index (χ2n) is 19.6. The first-order chi connectivity index (χ1) is 34.5. The normalized spacial score (nSPS) is 15.0. The van der Waals surface area contributed by atoms with Gasteiger partial charge in [0.2, 0.25) is 5.91 Å². The molecule has 0 aliphatic carbocycles. The highest BCUT2D eigenvalue weighted by atomic mass is 31.2. The molecule has 0 rings (SSSR count). The van der Waals surface area contributed by atoms with E-state index in [-0.39, 0.29) is 19.1 Å². The molecule has 0 aromatic rings. The molecule has 3 N–H and O–H groups in total. The Morgan fingerprint density at radius 3 is 1.30 bits per heavy atom. The molecule has 0 bridgehead atoms. The highest BCUT2D eigenvalue weighted by molar-refractivity contribution is 7.47. The number of amides is 1. The van der Waals surface area contributed by atoms with Crippen molar-refractivity contribution < 1.29 is 32.9 Å². The second-order valence-corrected chi connectivity index (χ2v) is 21.0. The first-order valence-corrected chi connectivity index (χ1v) is 29.6. The van der Waals surface area contributed by atoms with E-state index in [0.717, 1.165) is 109 Å². The molecule has 0 spiro atoms. The van der Waals surface area contributed by atoms with E-state index in [4.69, 9.17) is 9.05 Å². The van der Waals surface area contributed by atoms with Crippen LogP contribution in [0.5, 0.6) is 0 Å². The van der Waals surface area contributed by atoms with E-state index in [1.807, 2.05) is 27.2 Å². The molecule has 0 aliphatic rings. The maximum Gasteiger partial charge on any atom is 0.472 e. The molecule has 9 heteroatoms. The molecule has 71 heavy (non-hydrogen) atoms. The molecule has 3 atom stereocenters. The van der Waals surface area contributed by atoms with Crippen molar-refractivity contribution in [3.05, 3.63) is 134 Å². The summed E-state index contributed by atoms with van der Waals surface area (Å²) >= 11 is 0. The SMILES string of the molecule is CC/C=C\C/C=C\C/C=C\C/C=C\C/C=C\C/C=C\C/C=C\C/C=C\CCCCCCCCCCCCC(=O)NC(COP(=O)(O)OCC[N+](C)(C)C)C(O)/C=C/CC/C=C/CC/C=C/CCCCCC. The maximum absolute atomic E-state index is 12.9. The number of carbonyl (C=O) groups is 1. The quantitative estimate of drug-likeness (QED) is 0.0243. The van der Waals surface area contributed by atoms with Crippen molar-refractivity contribution in [2.45, 2.75) is 212 Å². The Morgan fingerprint density at radius 1 is 0.493 bits per heavy atom. The fourth-order valence-corrected chi connectivity index (χ4v) is 7.94. The zero-order valence-corrected chi connectivity index (χ0v) is 46.8. The van der Waals surface area contributed by atoms with E-state index in [1.165, 1.54) is 70.6 Å². The van der Waals surface area contributed by atoms with E-state index in [2.05, 4.69) is 141 Å². The Morgan fingerprint density at radius 2 is 0.859 bits per heavy atom. The van der Waals surface area contributed by atoms with Crippen LogP contribution in [0.4, 0.5) is 0 Å². The minimum absolute atomic E-state index is 0.0459. The summed E-state index contributed by atoms with van der Waals surface area (Å²) in [5.74, 6) is -0.203. The third kappa shape index (κ3) is 54.3. The summed E-state index contributed by atoms with van der Waals surface area (Å²) in [6.07, 6.45) is 78.4. The molecule has 0 saturated carbocycles. The molecule has 8 nitrogen and oxygen atoms in total. The molecule has 0 radical (unpaired) electrons. The predicted octanol–water partition coefficient (Wildman–Crippen LogP) is 17.1. The van der Waals surface area contributed by atoms with E-state index in [1.54, 1.807) is 6.08 Å². The van der Waals surface area contributed by atoms with Crippen LogP contribution >= 0.6 is 7.82 Å². The first kappa shape index (κ1) is 67.6. The number of hydrogen-bond donors (Lipinski definition) is 3. The smallest absolute Gasteiger partial charge is 0.387 e. The van der Waals surface area contributed by atoms with Crippen molar-refractivity contribution in [2.24, 2.45) is 0 Å². The lowest BCUT2D eigenvalue weighted by molar-refractivity contribution is -0.870. The van der Waals surface area contributed by atoms with Gasteiger partial charge in [-0.2, -0.15) is 0 Å². The molecule has 0 fully saturated rings. The number of likely N-dealkylation sites (N-methyl/N-ethyl adjacent to an activating group) is 1. The van der Waals surface area contributed by atoms with Crippen molar-refractivity contribution >= 4 is 13.7 Å². The Labute approximate surface area is 436 Å². The van der Waals surface area contributed by atoms with Gasteiger partial charge in [0.1, 0.15) is 13.2 Å². The minimum atomic E-state index is -4.36. The molecule has 1 amide bonds. The molecule has 3 unspecified atom stereocenters. The van der Waals surface area contributed by atoms with Gasteiger partial charge in [0.15, 0.2) is 0 Å². The summed E-state index contributed by atoms with van der Waals surface area (Å²) in [4.78, 5) is 23.2. The van der Waals surface area contributed by atoms with Gasteiger partial charge in [0.05, 0.1) is 39.9 Å². The number of unbranched alkanes of at least 4 members (excludes halogenated alkanes) is 16. The van der Waals surface area contributed by atoms with Crippen molar-refractivity contribution in [1.29, 1.82) is 0 Å². The van der Waals surface area contributed by atoms with Gasteiger partial charge in [0, 0.05) is 6.42 Å². The van der Waals surface area contributed by atoms with Crippen LogP contribution in [-0.2, 0) is 18.4 Å². The van der Waals surface area contributed by atoms with Gasteiger partial charge in [-0.3, -0.25) is 13.8 Å². The highest BCUT2D eigenvalue weighted by Crippen LogP contribution is 2.43. The Balaban J connectivity index is 4.20. The zero-order chi connectivity index (χ0) is 52.0. The molecule has 0 aliphatic heterocycles. The summed E-state index contributed by atoms with van der Waals surface area (Å²) < 4.78 is 23.6. The van der Waals surface area contributed by atoms with Crippen molar-refractivity contribution in [3.8, 4) is 0 Å². The molecule has 0 aromatic heterocycles. The number of aliphatic hydroxyl groups is 1. The zero-order valence-electron chi connectivity index (χ0n) is 45.9. The number of rotatable bonds is 49. The second kappa shape index (κ2) is 51.5. The lowest BCUT2D eigenvalue weighted by Crippen LogP contribution is -2.45. The average Bonchev–Trinajstić information content (AvgIpc) is 3.33. The average molecular weight is 1010 g/mol. The fourth-order valence-electron chi connectivity index (χ4n) is 7.21.